The van der Waals surface area contributed by atoms with Crippen molar-refractivity contribution in [3.05, 3.63) is 16.6 Å². The largest absolute Gasteiger partial charge is 0.309 e. The van der Waals surface area contributed by atoms with Crippen LogP contribution in [0.25, 0.3) is 0 Å². The number of nitrogens with zero attached hydrogens (tertiary/aromatic N) is 2. The number of rotatable bonds is 4. The van der Waals surface area contributed by atoms with Crippen molar-refractivity contribution in [2.75, 3.05) is 13.1 Å². The minimum atomic E-state index is 0.210. The van der Waals surface area contributed by atoms with Crippen molar-refractivity contribution in [3.63, 3.8) is 0 Å². The van der Waals surface area contributed by atoms with Gasteiger partial charge in [0.25, 0.3) is 0 Å². The molecule has 1 aromatic heterocycles. The number of thiazole rings is 1. The smallest absolute Gasteiger partial charge is 0.107 e. The van der Waals surface area contributed by atoms with Gasteiger partial charge in [0.2, 0.25) is 0 Å². The standard InChI is InChI=1S/C14H25N3S/c1-5-11(2)12-8-16-14(3,4)10-17(12)9-13-15-6-7-18-13/h6-7,11-12,16H,5,8-10H2,1-4H3. The molecule has 2 unspecified atom stereocenters. The highest BCUT2D eigenvalue weighted by Gasteiger charge is 2.34. The van der Waals surface area contributed by atoms with E-state index in [1.807, 2.05) is 6.20 Å². The van der Waals surface area contributed by atoms with Gasteiger partial charge in [0, 0.05) is 36.2 Å². The van der Waals surface area contributed by atoms with Crippen molar-refractivity contribution < 1.29 is 0 Å². The number of hydrogen-bond donors (Lipinski definition) is 1. The first kappa shape index (κ1) is 14.0. The van der Waals surface area contributed by atoms with E-state index < -0.39 is 0 Å². The van der Waals surface area contributed by atoms with Crippen LogP contribution in [0.5, 0.6) is 0 Å². The normalized spacial score (nSPS) is 26.1. The van der Waals surface area contributed by atoms with Crippen LogP contribution in [0.3, 0.4) is 0 Å². The lowest BCUT2D eigenvalue weighted by molar-refractivity contribution is 0.0571. The second-order valence-corrected chi connectivity index (χ2v) is 7.03. The van der Waals surface area contributed by atoms with Gasteiger partial charge in [-0.15, -0.1) is 11.3 Å². The summed E-state index contributed by atoms with van der Waals surface area (Å²) in [4.78, 5) is 7.05. The predicted molar refractivity (Wildman–Crippen MR) is 77.8 cm³/mol. The van der Waals surface area contributed by atoms with Gasteiger partial charge in [-0.1, -0.05) is 20.3 Å². The molecule has 1 aliphatic heterocycles. The highest BCUT2D eigenvalue weighted by molar-refractivity contribution is 7.09. The first-order valence-corrected chi connectivity index (χ1v) is 7.77. The van der Waals surface area contributed by atoms with Gasteiger partial charge in [-0.2, -0.15) is 0 Å². The lowest BCUT2D eigenvalue weighted by Gasteiger charge is -2.46. The molecular weight excluding hydrogens is 242 g/mol. The summed E-state index contributed by atoms with van der Waals surface area (Å²) in [5.74, 6) is 0.730. The molecule has 0 aromatic carbocycles. The summed E-state index contributed by atoms with van der Waals surface area (Å²) in [6.07, 6.45) is 3.15. The van der Waals surface area contributed by atoms with E-state index >= 15 is 0 Å². The molecule has 1 aromatic rings. The Morgan fingerprint density at radius 2 is 2.39 bits per heavy atom. The van der Waals surface area contributed by atoms with Crippen LogP contribution >= 0.6 is 11.3 Å². The zero-order valence-electron chi connectivity index (χ0n) is 11.9. The quantitative estimate of drug-likeness (QED) is 0.909. The molecule has 2 rings (SSSR count). The summed E-state index contributed by atoms with van der Waals surface area (Å²) in [5.41, 5.74) is 0.210. The molecule has 3 nitrogen and oxygen atoms in total. The lowest BCUT2D eigenvalue weighted by atomic mass is 9.91. The van der Waals surface area contributed by atoms with Crippen LogP contribution in [0, 0.1) is 5.92 Å². The van der Waals surface area contributed by atoms with Crippen molar-refractivity contribution in [3.8, 4) is 0 Å². The average Bonchev–Trinajstić information content (AvgIpc) is 2.80. The second-order valence-electron chi connectivity index (χ2n) is 6.05. The minimum Gasteiger partial charge on any atom is -0.309 e. The van der Waals surface area contributed by atoms with Crippen LogP contribution in [-0.2, 0) is 6.54 Å². The van der Waals surface area contributed by atoms with E-state index in [-0.39, 0.29) is 5.54 Å². The Bertz CT molecular complexity index is 361. The van der Waals surface area contributed by atoms with E-state index in [9.17, 15) is 0 Å². The minimum absolute atomic E-state index is 0.210. The Hall–Kier alpha value is -0.450. The van der Waals surface area contributed by atoms with Crippen molar-refractivity contribution in [2.24, 2.45) is 5.92 Å². The molecule has 0 aliphatic carbocycles. The average molecular weight is 267 g/mol. The topological polar surface area (TPSA) is 28.2 Å². The zero-order valence-corrected chi connectivity index (χ0v) is 12.8. The third-order valence-corrected chi connectivity index (χ3v) is 4.74. The van der Waals surface area contributed by atoms with Crippen LogP contribution in [-0.4, -0.2) is 34.6 Å². The molecule has 1 fully saturated rings. The summed E-state index contributed by atoms with van der Waals surface area (Å²) in [6, 6.07) is 0.631. The third kappa shape index (κ3) is 3.31. The van der Waals surface area contributed by atoms with Crippen molar-refractivity contribution in [1.29, 1.82) is 0 Å². The maximum Gasteiger partial charge on any atom is 0.107 e. The van der Waals surface area contributed by atoms with Crippen LogP contribution < -0.4 is 5.32 Å². The van der Waals surface area contributed by atoms with E-state index in [2.05, 4.69) is 48.3 Å². The first-order chi connectivity index (χ1) is 8.52. The monoisotopic (exact) mass is 267 g/mol. The van der Waals surface area contributed by atoms with Crippen molar-refractivity contribution >= 4 is 11.3 Å². The van der Waals surface area contributed by atoms with Crippen molar-refractivity contribution in [1.82, 2.24) is 15.2 Å². The van der Waals surface area contributed by atoms with Gasteiger partial charge in [0.1, 0.15) is 5.01 Å². The molecular formula is C14H25N3S. The lowest BCUT2D eigenvalue weighted by Crippen LogP contribution is -2.62. The highest BCUT2D eigenvalue weighted by atomic mass is 32.1. The van der Waals surface area contributed by atoms with Crippen LogP contribution in [0.2, 0.25) is 0 Å². The number of piperazine rings is 1. The van der Waals surface area contributed by atoms with Gasteiger partial charge in [0.05, 0.1) is 6.54 Å². The Balaban J connectivity index is 2.09. The van der Waals surface area contributed by atoms with Gasteiger partial charge in [-0.05, 0) is 19.8 Å². The molecule has 0 bridgehead atoms. The molecule has 102 valence electrons. The molecule has 1 aliphatic rings. The Morgan fingerprint density at radius 1 is 1.61 bits per heavy atom. The molecule has 0 amide bonds. The fourth-order valence-electron chi connectivity index (χ4n) is 2.70. The molecule has 0 saturated carbocycles. The van der Waals surface area contributed by atoms with Gasteiger partial charge >= 0.3 is 0 Å². The van der Waals surface area contributed by atoms with Crippen LogP contribution in [0.1, 0.15) is 39.1 Å². The number of hydrogen-bond acceptors (Lipinski definition) is 4. The molecule has 4 heteroatoms. The molecule has 1 saturated heterocycles. The SMILES string of the molecule is CCC(C)C1CNC(C)(C)CN1Cc1nccs1. The maximum atomic E-state index is 4.43. The Kier molecular flexibility index (Phi) is 4.41. The second kappa shape index (κ2) is 5.68. The van der Waals surface area contributed by atoms with Gasteiger partial charge < -0.3 is 5.32 Å². The molecule has 2 atom stereocenters. The zero-order chi connectivity index (χ0) is 13.2. The van der Waals surface area contributed by atoms with E-state index in [4.69, 9.17) is 0 Å². The molecule has 1 N–H and O–H groups in total. The molecule has 18 heavy (non-hydrogen) atoms. The Morgan fingerprint density at radius 3 is 3.00 bits per heavy atom. The third-order valence-electron chi connectivity index (χ3n) is 3.98. The van der Waals surface area contributed by atoms with E-state index in [1.165, 1.54) is 11.4 Å². The van der Waals surface area contributed by atoms with Gasteiger partial charge in [0.15, 0.2) is 0 Å². The van der Waals surface area contributed by atoms with E-state index in [0.29, 0.717) is 6.04 Å². The van der Waals surface area contributed by atoms with Gasteiger partial charge in [-0.3, -0.25) is 4.90 Å². The summed E-state index contributed by atoms with van der Waals surface area (Å²) in [6.45, 7) is 12.4. The van der Waals surface area contributed by atoms with Crippen molar-refractivity contribution in [2.45, 2.75) is 52.2 Å². The first-order valence-electron chi connectivity index (χ1n) is 6.89. The van der Waals surface area contributed by atoms with Gasteiger partial charge in [-0.25, -0.2) is 4.98 Å². The summed E-state index contributed by atoms with van der Waals surface area (Å²) in [7, 11) is 0. The maximum absolute atomic E-state index is 4.43. The molecule has 0 radical (unpaired) electrons. The highest BCUT2D eigenvalue weighted by Crippen LogP contribution is 2.24. The van der Waals surface area contributed by atoms with E-state index in [0.717, 1.165) is 25.6 Å². The Labute approximate surface area is 115 Å². The number of nitrogens with one attached hydrogen (secondary N) is 1. The fraction of sp³-hybridized carbons (Fsp3) is 0.786. The number of aromatic nitrogens is 1. The summed E-state index contributed by atoms with van der Waals surface area (Å²) >= 11 is 1.76. The predicted octanol–water partition coefficient (Wildman–Crippen LogP) is 2.74. The summed E-state index contributed by atoms with van der Waals surface area (Å²) < 4.78 is 0. The molecule has 2 heterocycles. The molecule has 0 spiro atoms. The summed E-state index contributed by atoms with van der Waals surface area (Å²) in [5, 5.41) is 6.98. The van der Waals surface area contributed by atoms with E-state index in [1.54, 1.807) is 11.3 Å². The fourth-order valence-corrected chi connectivity index (χ4v) is 3.34. The van der Waals surface area contributed by atoms with Crippen LogP contribution in [0.4, 0.5) is 0 Å². The van der Waals surface area contributed by atoms with Crippen LogP contribution in [0.15, 0.2) is 11.6 Å².